The van der Waals surface area contributed by atoms with Crippen LogP contribution >= 0.6 is 11.6 Å². The summed E-state index contributed by atoms with van der Waals surface area (Å²) in [6.45, 7) is 0. The summed E-state index contributed by atoms with van der Waals surface area (Å²) < 4.78 is 73.6. The van der Waals surface area contributed by atoms with Crippen LogP contribution in [0.25, 0.3) is 0 Å². The molecule has 0 saturated heterocycles. The van der Waals surface area contributed by atoms with Gasteiger partial charge < -0.3 is 5.73 Å². The lowest BCUT2D eigenvalue weighted by Crippen LogP contribution is -2.16. The van der Waals surface area contributed by atoms with Crippen LogP contribution in [0.5, 0.6) is 0 Å². The van der Waals surface area contributed by atoms with Crippen molar-refractivity contribution in [3.05, 3.63) is 34.3 Å². The maximum Gasteiger partial charge on any atom is 0.416 e. The van der Waals surface area contributed by atoms with Gasteiger partial charge in [-0.25, -0.2) is 0 Å². The number of nitrogens with two attached hydrogens (primary N) is 1. The van der Waals surface area contributed by atoms with Gasteiger partial charge in [-0.1, -0.05) is 11.6 Å². The molecule has 0 aliphatic carbocycles. The molecule has 2 N–H and O–H groups in total. The van der Waals surface area contributed by atoms with Crippen LogP contribution in [-0.4, -0.2) is 6.18 Å². The number of halogens is 7. The number of hydrogen-bond donors (Lipinski definition) is 1. The van der Waals surface area contributed by atoms with Crippen LogP contribution in [0.15, 0.2) is 18.2 Å². The van der Waals surface area contributed by atoms with Gasteiger partial charge in [-0.2, -0.15) is 26.3 Å². The summed E-state index contributed by atoms with van der Waals surface area (Å²) >= 11 is 5.51. The molecule has 0 aliphatic heterocycles. The topological polar surface area (TPSA) is 26.0 Å². The molecule has 0 radical (unpaired) electrons. The lowest BCUT2D eigenvalue weighted by atomic mass is 10.0. The van der Waals surface area contributed by atoms with Gasteiger partial charge in [-0.15, -0.1) is 0 Å². The van der Waals surface area contributed by atoms with Gasteiger partial charge >= 0.3 is 12.4 Å². The number of rotatable bonds is 3. The van der Waals surface area contributed by atoms with E-state index in [1.807, 2.05) is 0 Å². The Hall–Kier alpha value is -0.950. The van der Waals surface area contributed by atoms with Crippen molar-refractivity contribution in [3.63, 3.8) is 0 Å². The minimum absolute atomic E-state index is 0.0657. The maximum atomic E-state index is 12.5. The Morgan fingerprint density at radius 2 is 1.63 bits per heavy atom. The average Bonchev–Trinajstić information content (AvgIpc) is 2.22. The van der Waals surface area contributed by atoms with Crippen LogP contribution in [0.4, 0.5) is 26.3 Å². The molecule has 0 saturated carbocycles. The van der Waals surface area contributed by atoms with Gasteiger partial charge in [0.15, 0.2) is 0 Å². The zero-order chi connectivity index (χ0) is 14.8. The Bertz CT molecular complexity index is 440. The lowest BCUT2D eigenvalue weighted by molar-refractivity contribution is -0.138. The molecule has 0 unspecified atom stereocenters. The van der Waals surface area contributed by atoms with E-state index in [-0.39, 0.29) is 10.6 Å². The van der Waals surface area contributed by atoms with E-state index in [2.05, 4.69) is 0 Å². The third kappa shape index (κ3) is 5.28. The van der Waals surface area contributed by atoms with E-state index in [1.165, 1.54) is 0 Å². The molecule has 0 aliphatic rings. The molecule has 1 aromatic rings. The first-order chi connectivity index (χ1) is 8.49. The van der Waals surface area contributed by atoms with E-state index in [9.17, 15) is 26.3 Å². The van der Waals surface area contributed by atoms with Gasteiger partial charge in [0.2, 0.25) is 0 Å². The first-order valence-corrected chi connectivity index (χ1v) is 5.57. The second-order valence-electron chi connectivity index (χ2n) is 4.03. The van der Waals surface area contributed by atoms with Crippen LogP contribution in [0.2, 0.25) is 5.02 Å². The summed E-state index contributed by atoms with van der Waals surface area (Å²) in [7, 11) is 0. The van der Waals surface area contributed by atoms with E-state index < -0.39 is 36.8 Å². The molecule has 19 heavy (non-hydrogen) atoms. The first kappa shape index (κ1) is 16.1. The largest absolute Gasteiger partial charge is 0.416 e. The fourth-order valence-electron chi connectivity index (χ4n) is 1.48. The fraction of sp³-hybridized carbons (Fsp3) is 0.455. The fourth-order valence-corrected chi connectivity index (χ4v) is 1.72. The minimum Gasteiger partial charge on any atom is -0.324 e. The highest BCUT2D eigenvalue weighted by Crippen LogP contribution is 2.34. The lowest BCUT2D eigenvalue weighted by Gasteiger charge is -2.16. The normalized spacial score (nSPS) is 14.5. The standard InChI is InChI=1S/C11H10ClF6N/c12-8-4-6(3-7(5-8)11(16,17)18)9(19)1-2-10(13,14)15/h3-5,9H,1-2,19H2/t9-/m0/s1. The van der Waals surface area contributed by atoms with Gasteiger partial charge in [-0.3, -0.25) is 0 Å². The third-order valence-corrected chi connectivity index (χ3v) is 2.63. The van der Waals surface area contributed by atoms with Crippen molar-refractivity contribution < 1.29 is 26.3 Å². The monoisotopic (exact) mass is 305 g/mol. The Kier molecular flexibility index (Phi) is 4.73. The molecule has 0 aromatic heterocycles. The van der Waals surface area contributed by atoms with E-state index in [0.29, 0.717) is 12.1 Å². The first-order valence-electron chi connectivity index (χ1n) is 5.19. The summed E-state index contributed by atoms with van der Waals surface area (Å²) in [4.78, 5) is 0. The van der Waals surface area contributed by atoms with E-state index in [4.69, 9.17) is 17.3 Å². The number of hydrogen-bond acceptors (Lipinski definition) is 1. The van der Waals surface area contributed by atoms with Crippen molar-refractivity contribution in [1.29, 1.82) is 0 Å². The molecule has 0 amide bonds. The van der Waals surface area contributed by atoms with Crippen molar-refractivity contribution in [2.24, 2.45) is 5.73 Å². The van der Waals surface area contributed by atoms with Crippen molar-refractivity contribution in [3.8, 4) is 0 Å². The second-order valence-corrected chi connectivity index (χ2v) is 4.47. The number of benzene rings is 1. The van der Waals surface area contributed by atoms with Crippen molar-refractivity contribution in [2.45, 2.75) is 31.2 Å². The molecule has 108 valence electrons. The molecule has 1 atom stereocenters. The smallest absolute Gasteiger partial charge is 0.324 e. The summed E-state index contributed by atoms with van der Waals surface area (Å²) in [5, 5.41) is -0.215. The van der Waals surface area contributed by atoms with Crippen LogP contribution in [-0.2, 0) is 6.18 Å². The highest BCUT2D eigenvalue weighted by atomic mass is 35.5. The van der Waals surface area contributed by atoms with Gasteiger partial charge in [0.05, 0.1) is 5.56 Å². The molecule has 1 nitrogen and oxygen atoms in total. The van der Waals surface area contributed by atoms with Gasteiger partial charge in [0.25, 0.3) is 0 Å². The van der Waals surface area contributed by atoms with Gasteiger partial charge in [0.1, 0.15) is 0 Å². The Morgan fingerprint density at radius 3 is 2.11 bits per heavy atom. The van der Waals surface area contributed by atoms with Gasteiger partial charge in [-0.05, 0) is 30.2 Å². The molecule has 0 fully saturated rings. The summed E-state index contributed by atoms with van der Waals surface area (Å²) in [6, 6.07) is 1.40. The summed E-state index contributed by atoms with van der Waals surface area (Å²) in [5.74, 6) is 0. The molecule has 0 bridgehead atoms. The van der Waals surface area contributed by atoms with E-state index >= 15 is 0 Å². The minimum atomic E-state index is -4.62. The quantitative estimate of drug-likeness (QED) is 0.805. The Balaban J connectivity index is 2.91. The van der Waals surface area contributed by atoms with Crippen LogP contribution in [0.3, 0.4) is 0 Å². The van der Waals surface area contributed by atoms with Crippen molar-refractivity contribution in [2.75, 3.05) is 0 Å². The SMILES string of the molecule is N[C@@H](CCC(F)(F)F)c1cc(Cl)cc(C(F)(F)F)c1. The summed E-state index contributed by atoms with van der Waals surface area (Å²) in [6.07, 6.45) is -10.7. The van der Waals surface area contributed by atoms with E-state index in [1.54, 1.807) is 0 Å². The highest BCUT2D eigenvalue weighted by Gasteiger charge is 2.32. The zero-order valence-electron chi connectivity index (χ0n) is 9.45. The average molecular weight is 306 g/mol. The maximum absolute atomic E-state index is 12.5. The zero-order valence-corrected chi connectivity index (χ0v) is 10.2. The molecule has 1 rings (SSSR count). The molecule has 1 aromatic carbocycles. The predicted molar refractivity (Wildman–Crippen MR) is 58.7 cm³/mol. The van der Waals surface area contributed by atoms with Crippen LogP contribution < -0.4 is 5.73 Å². The van der Waals surface area contributed by atoms with Crippen LogP contribution in [0, 0.1) is 0 Å². The number of alkyl halides is 6. The van der Waals surface area contributed by atoms with E-state index in [0.717, 1.165) is 6.07 Å². The van der Waals surface area contributed by atoms with Crippen molar-refractivity contribution in [1.82, 2.24) is 0 Å². The second kappa shape index (κ2) is 5.58. The molecular weight excluding hydrogens is 296 g/mol. The third-order valence-electron chi connectivity index (χ3n) is 2.41. The predicted octanol–water partition coefficient (Wildman–Crippen LogP) is 4.70. The molecular formula is C11H10ClF6N. The highest BCUT2D eigenvalue weighted by molar-refractivity contribution is 6.30. The molecule has 8 heteroatoms. The Labute approximate surface area is 110 Å². The van der Waals surface area contributed by atoms with Crippen LogP contribution in [0.1, 0.15) is 30.0 Å². The molecule has 0 spiro atoms. The van der Waals surface area contributed by atoms with Gasteiger partial charge in [0, 0.05) is 17.5 Å². The molecule has 0 heterocycles. The van der Waals surface area contributed by atoms with Crippen molar-refractivity contribution >= 4 is 11.6 Å². The Morgan fingerprint density at radius 1 is 1.05 bits per heavy atom. The summed E-state index contributed by atoms with van der Waals surface area (Å²) in [5.41, 5.74) is 4.36.